The third kappa shape index (κ3) is 1.57. The van der Waals surface area contributed by atoms with Gasteiger partial charge in [0.15, 0.2) is 5.65 Å². The van der Waals surface area contributed by atoms with E-state index in [0.717, 1.165) is 35.7 Å². The van der Waals surface area contributed by atoms with Crippen LogP contribution in [0, 0.1) is 0 Å². The molecule has 3 heterocycles. The van der Waals surface area contributed by atoms with Crippen LogP contribution in [0.25, 0.3) is 10.3 Å². The van der Waals surface area contributed by atoms with Crippen molar-refractivity contribution >= 4 is 27.5 Å². The van der Waals surface area contributed by atoms with Crippen molar-refractivity contribution in [2.24, 2.45) is 5.73 Å². The predicted molar refractivity (Wildman–Crippen MR) is 62.2 cm³/mol. The Morgan fingerprint density at radius 2 is 2.40 bits per heavy atom. The van der Waals surface area contributed by atoms with Gasteiger partial charge in [0.25, 0.3) is 0 Å². The van der Waals surface area contributed by atoms with Crippen LogP contribution >= 0.6 is 11.3 Å². The Bertz CT molecular complexity index is 481. The second-order valence-corrected chi connectivity index (χ2v) is 4.72. The SMILES string of the molecule is NC1CCN(c2ccc3scnc3n2)C1. The molecule has 0 spiro atoms. The first-order valence-electron chi connectivity index (χ1n) is 5.04. The van der Waals surface area contributed by atoms with Crippen molar-refractivity contribution < 1.29 is 0 Å². The lowest BCUT2D eigenvalue weighted by Gasteiger charge is -2.16. The number of thiazole rings is 1. The van der Waals surface area contributed by atoms with E-state index in [4.69, 9.17) is 5.73 Å². The highest BCUT2D eigenvalue weighted by molar-refractivity contribution is 7.16. The number of pyridine rings is 1. The average molecular weight is 220 g/mol. The highest BCUT2D eigenvalue weighted by Gasteiger charge is 2.20. The summed E-state index contributed by atoms with van der Waals surface area (Å²) >= 11 is 1.62. The van der Waals surface area contributed by atoms with Gasteiger partial charge >= 0.3 is 0 Å². The van der Waals surface area contributed by atoms with E-state index < -0.39 is 0 Å². The minimum atomic E-state index is 0.290. The molecule has 5 heteroatoms. The lowest BCUT2D eigenvalue weighted by Crippen LogP contribution is -2.26. The number of nitrogens with two attached hydrogens (primary N) is 1. The zero-order chi connectivity index (χ0) is 10.3. The van der Waals surface area contributed by atoms with Gasteiger partial charge in [0.1, 0.15) is 5.82 Å². The molecule has 0 aromatic carbocycles. The molecule has 0 amide bonds. The lowest BCUT2D eigenvalue weighted by atomic mass is 10.3. The van der Waals surface area contributed by atoms with Crippen molar-refractivity contribution in [1.82, 2.24) is 9.97 Å². The molecule has 1 unspecified atom stereocenters. The van der Waals surface area contributed by atoms with Crippen LogP contribution in [-0.4, -0.2) is 29.1 Å². The van der Waals surface area contributed by atoms with Gasteiger partial charge in [-0.1, -0.05) is 0 Å². The van der Waals surface area contributed by atoms with Gasteiger partial charge in [-0.2, -0.15) is 0 Å². The number of hydrogen-bond acceptors (Lipinski definition) is 5. The molecule has 2 aromatic rings. The zero-order valence-corrected chi connectivity index (χ0v) is 9.07. The summed E-state index contributed by atoms with van der Waals surface area (Å²) in [7, 11) is 0. The molecular weight excluding hydrogens is 208 g/mol. The Morgan fingerprint density at radius 1 is 1.47 bits per heavy atom. The van der Waals surface area contributed by atoms with Gasteiger partial charge in [0, 0.05) is 19.1 Å². The minimum Gasteiger partial charge on any atom is -0.355 e. The van der Waals surface area contributed by atoms with Gasteiger partial charge in [-0.3, -0.25) is 0 Å². The van der Waals surface area contributed by atoms with Crippen molar-refractivity contribution in [2.75, 3.05) is 18.0 Å². The number of anilines is 1. The van der Waals surface area contributed by atoms with Gasteiger partial charge in [-0.25, -0.2) is 9.97 Å². The number of hydrogen-bond donors (Lipinski definition) is 1. The summed E-state index contributed by atoms with van der Waals surface area (Å²) in [5.41, 5.74) is 8.55. The summed E-state index contributed by atoms with van der Waals surface area (Å²) in [6, 6.07) is 4.43. The smallest absolute Gasteiger partial charge is 0.172 e. The Balaban J connectivity index is 1.97. The normalized spacial score (nSPS) is 21.4. The molecule has 15 heavy (non-hydrogen) atoms. The van der Waals surface area contributed by atoms with E-state index in [-0.39, 0.29) is 6.04 Å². The van der Waals surface area contributed by atoms with Crippen molar-refractivity contribution in [2.45, 2.75) is 12.5 Å². The molecule has 0 saturated carbocycles. The van der Waals surface area contributed by atoms with Crippen LogP contribution in [0.1, 0.15) is 6.42 Å². The van der Waals surface area contributed by atoms with Gasteiger partial charge < -0.3 is 10.6 Å². The molecule has 1 atom stereocenters. The maximum absolute atomic E-state index is 5.87. The fourth-order valence-corrected chi connectivity index (χ4v) is 2.53. The van der Waals surface area contributed by atoms with Crippen LogP contribution in [0.2, 0.25) is 0 Å². The Labute approximate surface area is 91.7 Å². The monoisotopic (exact) mass is 220 g/mol. The fourth-order valence-electron chi connectivity index (χ4n) is 1.91. The van der Waals surface area contributed by atoms with Crippen LogP contribution in [-0.2, 0) is 0 Å². The molecule has 2 N–H and O–H groups in total. The van der Waals surface area contributed by atoms with Crippen LogP contribution in [0.4, 0.5) is 5.82 Å². The summed E-state index contributed by atoms with van der Waals surface area (Å²) in [6.45, 7) is 1.91. The van der Waals surface area contributed by atoms with Crippen LogP contribution < -0.4 is 10.6 Å². The van der Waals surface area contributed by atoms with Gasteiger partial charge in [0.05, 0.1) is 10.2 Å². The van der Waals surface area contributed by atoms with Gasteiger partial charge in [-0.05, 0) is 18.6 Å². The highest BCUT2D eigenvalue weighted by Crippen LogP contribution is 2.22. The van der Waals surface area contributed by atoms with Crippen molar-refractivity contribution in [3.8, 4) is 0 Å². The largest absolute Gasteiger partial charge is 0.355 e. The first-order valence-corrected chi connectivity index (χ1v) is 5.92. The number of nitrogens with zero attached hydrogens (tertiary/aromatic N) is 3. The number of aromatic nitrogens is 2. The molecule has 4 nitrogen and oxygen atoms in total. The second-order valence-electron chi connectivity index (χ2n) is 3.84. The van der Waals surface area contributed by atoms with Crippen molar-refractivity contribution in [3.05, 3.63) is 17.6 Å². The summed E-state index contributed by atoms with van der Waals surface area (Å²) in [4.78, 5) is 11.0. The number of fused-ring (bicyclic) bond motifs is 1. The first kappa shape index (κ1) is 9.06. The van der Waals surface area contributed by atoms with Crippen molar-refractivity contribution in [1.29, 1.82) is 0 Å². The molecule has 1 saturated heterocycles. The first-order chi connectivity index (χ1) is 7.33. The third-order valence-corrected chi connectivity index (χ3v) is 3.51. The molecule has 1 aliphatic heterocycles. The predicted octanol–water partition coefficient (Wildman–Crippen LogP) is 1.23. The molecule has 1 aliphatic rings. The van der Waals surface area contributed by atoms with E-state index in [1.165, 1.54) is 0 Å². The standard InChI is InChI=1S/C10H12N4S/c11-7-3-4-14(5-7)9-2-1-8-10(13-9)12-6-15-8/h1-2,6-7H,3-5,11H2. The van der Waals surface area contributed by atoms with E-state index >= 15 is 0 Å². The van der Waals surface area contributed by atoms with Crippen LogP contribution in [0.5, 0.6) is 0 Å². The Morgan fingerprint density at radius 3 is 3.20 bits per heavy atom. The van der Waals surface area contributed by atoms with E-state index in [0.29, 0.717) is 0 Å². The second kappa shape index (κ2) is 3.43. The average Bonchev–Trinajstić information content (AvgIpc) is 2.84. The fraction of sp³-hybridized carbons (Fsp3) is 0.400. The molecule has 0 radical (unpaired) electrons. The van der Waals surface area contributed by atoms with E-state index in [1.54, 1.807) is 11.3 Å². The minimum absolute atomic E-state index is 0.290. The quantitative estimate of drug-likeness (QED) is 0.785. The lowest BCUT2D eigenvalue weighted by molar-refractivity contribution is 0.751. The van der Waals surface area contributed by atoms with Crippen LogP contribution in [0.15, 0.2) is 17.6 Å². The Kier molecular flexibility index (Phi) is 2.07. The molecular formula is C10H12N4S. The molecule has 78 valence electrons. The summed E-state index contributed by atoms with van der Waals surface area (Å²) in [5.74, 6) is 1.00. The van der Waals surface area contributed by atoms with E-state index in [1.807, 2.05) is 5.51 Å². The molecule has 0 bridgehead atoms. The molecule has 2 aromatic heterocycles. The van der Waals surface area contributed by atoms with Gasteiger partial charge in [0.2, 0.25) is 0 Å². The van der Waals surface area contributed by atoms with Crippen LogP contribution in [0.3, 0.4) is 0 Å². The summed E-state index contributed by atoms with van der Waals surface area (Å²) in [6.07, 6.45) is 1.05. The molecule has 3 rings (SSSR count). The molecule has 0 aliphatic carbocycles. The van der Waals surface area contributed by atoms with E-state index in [9.17, 15) is 0 Å². The third-order valence-electron chi connectivity index (χ3n) is 2.73. The highest BCUT2D eigenvalue weighted by atomic mass is 32.1. The zero-order valence-electron chi connectivity index (χ0n) is 8.26. The van der Waals surface area contributed by atoms with E-state index in [2.05, 4.69) is 27.0 Å². The molecule has 1 fully saturated rings. The summed E-state index contributed by atoms with van der Waals surface area (Å²) < 4.78 is 1.14. The Hall–Kier alpha value is -1.20. The maximum Gasteiger partial charge on any atom is 0.172 e. The number of rotatable bonds is 1. The topological polar surface area (TPSA) is 55.0 Å². The maximum atomic E-state index is 5.87. The summed E-state index contributed by atoms with van der Waals surface area (Å²) in [5, 5.41) is 0. The van der Waals surface area contributed by atoms with Crippen molar-refractivity contribution in [3.63, 3.8) is 0 Å². The van der Waals surface area contributed by atoms with Gasteiger partial charge in [-0.15, -0.1) is 11.3 Å².